The Morgan fingerprint density at radius 3 is 2.40 bits per heavy atom. The van der Waals surface area contributed by atoms with Gasteiger partial charge in [0.05, 0.1) is 17.1 Å². The average molecular weight is 593 g/mol. The van der Waals surface area contributed by atoms with Crippen LogP contribution >= 0.6 is 11.8 Å². The van der Waals surface area contributed by atoms with Crippen LogP contribution in [0.4, 0.5) is 23.7 Å². The lowest BCUT2D eigenvalue weighted by Crippen LogP contribution is -2.32. The number of nitrogens with one attached hydrogen (secondary N) is 1. The summed E-state index contributed by atoms with van der Waals surface area (Å²) in [5.74, 6) is 0.165. The Labute approximate surface area is 242 Å². The first-order valence-corrected chi connectivity index (χ1v) is 13.5. The molecule has 13 heteroatoms. The first-order chi connectivity index (χ1) is 20.1. The van der Waals surface area contributed by atoms with Gasteiger partial charge in [-0.15, -0.1) is 18.3 Å². The number of ether oxygens (including phenoxy) is 1. The van der Waals surface area contributed by atoms with E-state index in [0.29, 0.717) is 22.2 Å². The van der Waals surface area contributed by atoms with Gasteiger partial charge in [0.25, 0.3) is 0 Å². The molecule has 0 unspecified atom stereocenters. The maximum atomic E-state index is 12.6. The molecule has 1 aromatic heterocycles. The van der Waals surface area contributed by atoms with E-state index in [-0.39, 0.29) is 17.4 Å². The van der Waals surface area contributed by atoms with Gasteiger partial charge in [-0.25, -0.2) is 14.5 Å². The van der Waals surface area contributed by atoms with E-state index >= 15 is 0 Å². The van der Waals surface area contributed by atoms with Gasteiger partial charge in [0.2, 0.25) is 5.91 Å². The van der Waals surface area contributed by atoms with Gasteiger partial charge in [-0.2, -0.15) is 4.99 Å². The molecule has 1 aliphatic rings. The number of nitrogens with zero attached hydrogens (tertiary/aromatic N) is 5. The number of aliphatic imine (C=N–C) groups is 1. The third-order valence-electron chi connectivity index (χ3n) is 6.10. The van der Waals surface area contributed by atoms with Crippen LogP contribution in [0.15, 0.2) is 84.2 Å². The molecule has 0 aliphatic carbocycles. The van der Waals surface area contributed by atoms with E-state index in [0.717, 1.165) is 22.4 Å². The number of urea groups is 1. The third kappa shape index (κ3) is 6.69. The van der Waals surface area contributed by atoms with Gasteiger partial charge in [-0.1, -0.05) is 54.2 Å². The number of aryl methyl sites for hydroxylation is 2. The number of benzene rings is 3. The molecule has 9 nitrogen and oxygen atoms in total. The van der Waals surface area contributed by atoms with Gasteiger partial charge in [0.1, 0.15) is 12.1 Å². The summed E-state index contributed by atoms with van der Waals surface area (Å²) >= 11 is 1.21. The molecule has 1 N–H and O–H groups in total. The van der Waals surface area contributed by atoms with E-state index in [4.69, 9.17) is 0 Å². The number of halogens is 3. The fourth-order valence-corrected chi connectivity index (χ4v) is 5.07. The van der Waals surface area contributed by atoms with Crippen molar-refractivity contribution in [3.05, 3.63) is 95.9 Å². The summed E-state index contributed by atoms with van der Waals surface area (Å²) in [7, 11) is 0. The first-order valence-electron chi connectivity index (χ1n) is 12.5. The van der Waals surface area contributed by atoms with Crippen LogP contribution in [-0.4, -0.2) is 44.0 Å². The number of hydrogen-bond acceptors (Lipinski definition) is 6. The number of anilines is 1. The molecular formula is C29H23F3N6O3S. The molecular weight excluding hydrogens is 569 g/mol. The van der Waals surface area contributed by atoms with Crippen molar-refractivity contribution < 1.29 is 27.5 Å². The van der Waals surface area contributed by atoms with Crippen LogP contribution in [0.1, 0.15) is 16.7 Å². The molecule has 0 spiro atoms. The molecule has 1 fully saturated rings. The van der Waals surface area contributed by atoms with Gasteiger partial charge in [-0.3, -0.25) is 9.69 Å². The molecule has 2 heterocycles. The number of amidine groups is 1. The summed E-state index contributed by atoms with van der Waals surface area (Å²) in [6.45, 7) is 3.82. The molecule has 0 atom stereocenters. The van der Waals surface area contributed by atoms with E-state index in [1.807, 2.05) is 44.2 Å². The normalized spacial score (nSPS) is 14.6. The minimum atomic E-state index is -4.76. The molecule has 1 saturated heterocycles. The van der Waals surface area contributed by atoms with E-state index in [9.17, 15) is 22.8 Å². The second-order valence-corrected chi connectivity index (χ2v) is 10.1. The summed E-state index contributed by atoms with van der Waals surface area (Å²) in [5.41, 5.74) is 4.58. The predicted molar refractivity (Wildman–Crippen MR) is 154 cm³/mol. The minimum absolute atomic E-state index is 0.132. The molecule has 42 heavy (non-hydrogen) atoms. The molecule has 3 aromatic carbocycles. The van der Waals surface area contributed by atoms with Crippen molar-refractivity contribution in [1.82, 2.24) is 20.1 Å². The second kappa shape index (κ2) is 11.9. The minimum Gasteiger partial charge on any atom is -0.406 e. The average Bonchev–Trinajstić information content (AvgIpc) is 3.56. The van der Waals surface area contributed by atoms with Crippen molar-refractivity contribution in [1.29, 1.82) is 0 Å². The van der Waals surface area contributed by atoms with E-state index in [1.54, 1.807) is 18.2 Å². The Balaban J connectivity index is 1.21. The SMILES string of the molecule is Cc1cccc(C)c1N1C(=O)CSC1=NC(=O)N/C=C/c1ccc(-c2ncn(-c3ccc(OC(F)(F)F)cc3)n2)cc1. The molecule has 0 bridgehead atoms. The maximum Gasteiger partial charge on any atom is 0.573 e. The standard InChI is InChI=1S/C29H23F3N6O3S/c1-18-4-3-5-19(2)25(18)38-24(39)16-42-28(38)35-27(40)33-15-14-20-6-8-21(9-7-20)26-34-17-37(36-26)22-10-12-23(13-11-22)41-29(30,31)32/h3-15,17H,16H2,1-2H3,(H,33,40)/b15-14+,35-28?. The number of rotatable bonds is 6. The lowest BCUT2D eigenvalue weighted by Gasteiger charge is -2.20. The Morgan fingerprint density at radius 1 is 1.05 bits per heavy atom. The van der Waals surface area contributed by atoms with Crippen LogP contribution in [-0.2, 0) is 4.79 Å². The number of alkyl halides is 3. The number of carbonyl (C=O) groups is 2. The summed E-state index contributed by atoms with van der Waals surface area (Å²) in [6.07, 6.45) is -0.153. The molecule has 3 amide bonds. The molecule has 0 radical (unpaired) electrons. The third-order valence-corrected chi connectivity index (χ3v) is 7.03. The van der Waals surface area contributed by atoms with Crippen molar-refractivity contribution in [2.45, 2.75) is 20.2 Å². The van der Waals surface area contributed by atoms with E-state index in [2.05, 4.69) is 25.1 Å². The van der Waals surface area contributed by atoms with Crippen LogP contribution in [0.25, 0.3) is 23.2 Å². The summed E-state index contributed by atoms with van der Waals surface area (Å²) in [6, 6.07) is 17.6. The number of aromatic nitrogens is 3. The number of thioether (sulfide) groups is 1. The number of para-hydroxylation sites is 1. The van der Waals surface area contributed by atoms with Crippen LogP contribution in [0.2, 0.25) is 0 Å². The van der Waals surface area contributed by atoms with Gasteiger partial charge in [-0.05, 0) is 60.9 Å². The topological polar surface area (TPSA) is 102 Å². The van der Waals surface area contributed by atoms with Crippen molar-refractivity contribution >= 4 is 40.6 Å². The fraction of sp³-hybridized carbons (Fsp3) is 0.138. The van der Waals surface area contributed by atoms with Gasteiger partial charge < -0.3 is 10.1 Å². The Hall–Kier alpha value is -4.91. The quantitative estimate of drug-likeness (QED) is 0.283. The molecule has 214 valence electrons. The highest BCUT2D eigenvalue weighted by Gasteiger charge is 2.32. The van der Waals surface area contributed by atoms with Crippen molar-refractivity contribution in [3.63, 3.8) is 0 Å². The number of amides is 3. The zero-order valence-electron chi connectivity index (χ0n) is 22.3. The Bertz CT molecular complexity index is 1660. The van der Waals surface area contributed by atoms with Crippen LogP contribution in [0, 0.1) is 13.8 Å². The monoisotopic (exact) mass is 592 g/mol. The highest BCUT2D eigenvalue weighted by atomic mass is 32.2. The number of hydrogen-bond donors (Lipinski definition) is 1. The van der Waals surface area contributed by atoms with Crippen LogP contribution in [0.3, 0.4) is 0 Å². The number of carbonyl (C=O) groups excluding carboxylic acids is 2. The molecule has 1 aliphatic heterocycles. The van der Waals surface area contributed by atoms with Gasteiger partial charge in [0, 0.05) is 11.8 Å². The predicted octanol–water partition coefficient (Wildman–Crippen LogP) is 6.27. The molecule has 4 aromatic rings. The summed E-state index contributed by atoms with van der Waals surface area (Å²) in [5, 5.41) is 7.31. The zero-order valence-corrected chi connectivity index (χ0v) is 23.1. The Kier molecular flexibility index (Phi) is 8.11. The first kappa shape index (κ1) is 28.6. The maximum absolute atomic E-state index is 12.6. The van der Waals surface area contributed by atoms with E-state index < -0.39 is 12.4 Å². The van der Waals surface area contributed by atoms with Crippen molar-refractivity contribution in [2.24, 2.45) is 4.99 Å². The van der Waals surface area contributed by atoms with Gasteiger partial charge in [0.15, 0.2) is 11.0 Å². The lowest BCUT2D eigenvalue weighted by molar-refractivity contribution is -0.274. The molecule has 0 saturated carbocycles. The second-order valence-electron chi connectivity index (χ2n) is 9.11. The van der Waals surface area contributed by atoms with Crippen LogP contribution in [0.5, 0.6) is 5.75 Å². The summed E-state index contributed by atoms with van der Waals surface area (Å²) in [4.78, 5) is 34.9. The largest absolute Gasteiger partial charge is 0.573 e. The Morgan fingerprint density at radius 2 is 1.74 bits per heavy atom. The highest BCUT2D eigenvalue weighted by molar-refractivity contribution is 8.15. The van der Waals surface area contributed by atoms with Gasteiger partial charge >= 0.3 is 12.4 Å². The molecule has 5 rings (SSSR count). The smallest absolute Gasteiger partial charge is 0.406 e. The van der Waals surface area contributed by atoms with E-state index in [1.165, 1.54) is 58.1 Å². The van der Waals surface area contributed by atoms with Crippen LogP contribution < -0.4 is 15.0 Å². The lowest BCUT2D eigenvalue weighted by atomic mass is 10.1. The fourth-order valence-electron chi connectivity index (χ4n) is 4.21. The zero-order chi connectivity index (χ0) is 29.9. The van der Waals surface area contributed by atoms with Crippen molar-refractivity contribution in [3.8, 4) is 22.8 Å². The summed E-state index contributed by atoms with van der Waals surface area (Å²) < 4.78 is 42.4. The highest BCUT2D eigenvalue weighted by Crippen LogP contribution is 2.32. The van der Waals surface area contributed by atoms with Crippen molar-refractivity contribution in [2.75, 3.05) is 10.7 Å².